The van der Waals surface area contributed by atoms with Crippen LogP contribution < -0.4 is 0 Å². The molecular weight excluding hydrogens is 226 g/mol. The predicted molar refractivity (Wildman–Crippen MR) is 69.3 cm³/mol. The molecule has 0 radical (unpaired) electrons. The zero-order chi connectivity index (χ0) is 12.4. The van der Waals surface area contributed by atoms with Crippen LogP contribution in [0.1, 0.15) is 24.8 Å². The van der Waals surface area contributed by atoms with Crippen LogP contribution in [0.4, 0.5) is 0 Å². The number of carbonyl (C=O) groups excluding carboxylic acids is 1. The molecule has 0 aliphatic carbocycles. The SMILES string of the molecule is O=C(CCc1ccccc1)N1CCC2(CC1)CO2. The summed E-state index contributed by atoms with van der Waals surface area (Å²) in [7, 11) is 0. The summed E-state index contributed by atoms with van der Waals surface area (Å²) in [5.74, 6) is 0.286. The number of likely N-dealkylation sites (tertiary alicyclic amines) is 1. The molecule has 1 amide bonds. The third-order valence-corrected chi connectivity index (χ3v) is 4.05. The Labute approximate surface area is 108 Å². The highest BCUT2D eigenvalue weighted by Gasteiger charge is 2.47. The number of benzene rings is 1. The number of hydrogen-bond donors (Lipinski definition) is 0. The van der Waals surface area contributed by atoms with Gasteiger partial charge in [0.15, 0.2) is 0 Å². The lowest BCUT2D eigenvalue weighted by molar-refractivity contribution is -0.132. The molecule has 0 aromatic heterocycles. The Morgan fingerprint density at radius 1 is 1.22 bits per heavy atom. The van der Waals surface area contributed by atoms with Crippen molar-refractivity contribution in [3.05, 3.63) is 35.9 Å². The molecule has 1 aromatic carbocycles. The van der Waals surface area contributed by atoms with Crippen LogP contribution in [0.2, 0.25) is 0 Å². The Bertz CT molecular complexity index is 415. The summed E-state index contributed by atoms with van der Waals surface area (Å²) in [5, 5.41) is 0. The van der Waals surface area contributed by atoms with Gasteiger partial charge in [-0.05, 0) is 24.8 Å². The third-order valence-electron chi connectivity index (χ3n) is 4.05. The lowest BCUT2D eigenvalue weighted by atomic mass is 9.97. The van der Waals surface area contributed by atoms with E-state index in [0.717, 1.165) is 39.0 Å². The molecule has 0 unspecified atom stereocenters. The summed E-state index contributed by atoms with van der Waals surface area (Å²) < 4.78 is 5.46. The number of amides is 1. The van der Waals surface area contributed by atoms with Gasteiger partial charge >= 0.3 is 0 Å². The molecule has 0 saturated carbocycles. The Balaban J connectivity index is 1.47. The van der Waals surface area contributed by atoms with E-state index in [0.29, 0.717) is 6.42 Å². The molecule has 2 heterocycles. The van der Waals surface area contributed by atoms with Gasteiger partial charge in [-0.2, -0.15) is 0 Å². The van der Waals surface area contributed by atoms with Crippen LogP contribution in [-0.4, -0.2) is 36.1 Å². The number of piperidine rings is 1. The van der Waals surface area contributed by atoms with Crippen molar-refractivity contribution in [2.24, 2.45) is 0 Å². The van der Waals surface area contributed by atoms with Crippen molar-refractivity contribution in [2.45, 2.75) is 31.3 Å². The number of ether oxygens (including phenoxy) is 1. The average Bonchev–Trinajstić information content (AvgIpc) is 3.17. The van der Waals surface area contributed by atoms with E-state index in [2.05, 4.69) is 12.1 Å². The van der Waals surface area contributed by atoms with Gasteiger partial charge in [-0.15, -0.1) is 0 Å². The summed E-state index contributed by atoms with van der Waals surface area (Å²) in [5.41, 5.74) is 1.40. The van der Waals surface area contributed by atoms with Gasteiger partial charge < -0.3 is 9.64 Å². The van der Waals surface area contributed by atoms with Gasteiger partial charge in [0.05, 0.1) is 12.2 Å². The van der Waals surface area contributed by atoms with Crippen molar-refractivity contribution in [3.63, 3.8) is 0 Å². The molecule has 18 heavy (non-hydrogen) atoms. The van der Waals surface area contributed by atoms with Crippen LogP contribution in [0.15, 0.2) is 30.3 Å². The van der Waals surface area contributed by atoms with E-state index in [1.165, 1.54) is 5.56 Å². The molecular formula is C15H19NO2. The second-order valence-corrected chi connectivity index (χ2v) is 5.34. The molecule has 2 saturated heterocycles. The van der Waals surface area contributed by atoms with E-state index in [1.807, 2.05) is 23.1 Å². The smallest absolute Gasteiger partial charge is 0.222 e. The van der Waals surface area contributed by atoms with Crippen molar-refractivity contribution in [1.82, 2.24) is 4.90 Å². The summed E-state index contributed by atoms with van der Waals surface area (Å²) in [6.45, 7) is 2.64. The average molecular weight is 245 g/mol. The fraction of sp³-hybridized carbons (Fsp3) is 0.533. The molecule has 3 rings (SSSR count). The fourth-order valence-corrected chi connectivity index (χ4v) is 2.61. The first-order chi connectivity index (χ1) is 8.77. The van der Waals surface area contributed by atoms with E-state index in [4.69, 9.17) is 4.74 Å². The van der Waals surface area contributed by atoms with Gasteiger partial charge in [0.25, 0.3) is 0 Å². The maximum atomic E-state index is 12.1. The lowest BCUT2D eigenvalue weighted by Crippen LogP contribution is -2.41. The fourth-order valence-electron chi connectivity index (χ4n) is 2.61. The third kappa shape index (κ3) is 2.56. The van der Waals surface area contributed by atoms with E-state index in [-0.39, 0.29) is 11.5 Å². The standard InChI is InChI=1S/C15H19NO2/c17-14(7-6-13-4-2-1-3-5-13)16-10-8-15(9-11-16)12-18-15/h1-5H,6-12H2. The van der Waals surface area contributed by atoms with Crippen LogP contribution in [0.5, 0.6) is 0 Å². The van der Waals surface area contributed by atoms with Crippen molar-refractivity contribution < 1.29 is 9.53 Å². The number of hydrogen-bond acceptors (Lipinski definition) is 2. The number of epoxide rings is 1. The highest BCUT2D eigenvalue weighted by molar-refractivity contribution is 5.76. The number of aryl methyl sites for hydroxylation is 1. The van der Waals surface area contributed by atoms with Gasteiger partial charge in [-0.1, -0.05) is 30.3 Å². The van der Waals surface area contributed by atoms with E-state index in [1.54, 1.807) is 0 Å². The molecule has 2 aliphatic rings. The summed E-state index contributed by atoms with van der Waals surface area (Å²) in [6.07, 6.45) is 3.50. The van der Waals surface area contributed by atoms with Crippen molar-refractivity contribution >= 4 is 5.91 Å². The largest absolute Gasteiger partial charge is 0.369 e. The Morgan fingerprint density at radius 3 is 2.50 bits per heavy atom. The summed E-state index contributed by atoms with van der Waals surface area (Å²) >= 11 is 0. The Kier molecular flexibility index (Phi) is 3.08. The second-order valence-electron chi connectivity index (χ2n) is 5.34. The first kappa shape index (κ1) is 11.7. The van der Waals surface area contributed by atoms with E-state index < -0.39 is 0 Å². The van der Waals surface area contributed by atoms with Crippen LogP contribution in [0.3, 0.4) is 0 Å². The summed E-state index contributed by atoms with van der Waals surface area (Å²) in [4.78, 5) is 14.1. The van der Waals surface area contributed by atoms with Gasteiger partial charge in [-0.25, -0.2) is 0 Å². The minimum atomic E-state index is 0.163. The highest BCUT2D eigenvalue weighted by atomic mass is 16.6. The first-order valence-corrected chi connectivity index (χ1v) is 6.73. The van der Waals surface area contributed by atoms with Crippen LogP contribution in [-0.2, 0) is 16.0 Å². The van der Waals surface area contributed by atoms with Gasteiger partial charge in [-0.3, -0.25) is 4.79 Å². The Morgan fingerprint density at radius 2 is 1.89 bits per heavy atom. The van der Waals surface area contributed by atoms with Crippen LogP contribution in [0.25, 0.3) is 0 Å². The van der Waals surface area contributed by atoms with E-state index in [9.17, 15) is 4.79 Å². The highest BCUT2D eigenvalue weighted by Crippen LogP contribution is 2.37. The molecule has 1 spiro atoms. The number of rotatable bonds is 3. The molecule has 1 aromatic rings. The molecule has 3 heteroatoms. The quantitative estimate of drug-likeness (QED) is 0.763. The second kappa shape index (κ2) is 4.73. The number of nitrogens with zero attached hydrogens (tertiary/aromatic N) is 1. The molecule has 0 N–H and O–H groups in total. The van der Waals surface area contributed by atoms with Crippen molar-refractivity contribution in [3.8, 4) is 0 Å². The molecule has 0 atom stereocenters. The predicted octanol–water partition coefficient (Wildman–Crippen LogP) is 2.01. The maximum absolute atomic E-state index is 12.1. The molecule has 0 bridgehead atoms. The molecule has 2 aliphatic heterocycles. The van der Waals surface area contributed by atoms with Crippen LogP contribution in [0, 0.1) is 0 Å². The first-order valence-electron chi connectivity index (χ1n) is 6.73. The molecule has 96 valence electrons. The van der Waals surface area contributed by atoms with Crippen molar-refractivity contribution in [2.75, 3.05) is 19.7 Å². The lowest BCUT2D eigenvalue weighted by Gasteiger charge is -2.30. The molecule has 3 nitrogen and oxygen atoms in total. The minimum Gasteiger partial charge on any atom is -0.369 e. The Hall–Kier alpha value is -1.35. The van der Waals surface area contributed by atoms with Crippen molar-refractivity contribution in [1.29, 1.82) is 0 Å². The monoisotopic (exact) mass is 245 g/mol. The maximum Gasteiger partial charge on any atom is 0.222 e. The zero-order valence-electron chi connectivity index (χ0n) is 10.6. The normalized spacial score (nSPS) is 21.0. The summed E-state index contributed by atoms with van der Waals surface area (Å²) in [6, 6.07) is 10.2. The van der Waals surface area contributed by atoms with Gasteiger partial charge in [0, 0.05) is 19.5 Å². The molecule has 2 fully saturated rings. The number of carbonyl (C=O) groups is 1. The van der Waals surface area contributed by atoms with Gasteiger partial charge in [0.2, 0.25) is 5.91 Å². The zero-order valence-corrected chi connectivity index (χ0v) is 10.6. The van der Waals surface area contributed by atoms with Crippen LogP contribution >= 0.6 is 0 Å². The minimum absolute atomic E-state index is 0.163. The topological polar surface area (TPSA) is 32.8 Å². The van der Waals surface area contributed by atoms with E-state index >= 15 is 0 Å². The van der Waals surface area contributed by atoms with Gasteiger partial charge in [0.1, 0.15) is 0 Å².